The number of urea groups is 1. The van der Waals surface area contributed by atoms with E-state index in [0.717, 1.165) is 4.90 Å². The van der Waals surface area contributed by atoms with Crippen molar-refractivity contribution >= 4 is 29.6 Å². The Morgan fingerprint density at radius 2 is 1.66 bits per heavy atom. The molecular weight excluding hydrogens is 455 g/mol. The van der Waals surface area contributed by atoms with Gasteiger partial charge in [-0.25, -0.2) is 14.1 Å². The van der Waals surface area contributed by atoms with Crippen LogP contribution in [0.15, 0.2) is 72.3 Å². The zero-order chi connectivity index (χ0) is 24.9. The van der Waals surface area contributed by atoms with Gasteiger partial charge >= 0.3 is 6.03 Å². The van der Waals surface area contributed by atoms with Gasteiger partial charge in [0.1, 0.15) is 23.7 Å². The van der Waals surface area contributed by atoms with Gasteiger partial charge in [0.25, 0.3) is 11.8 Å². The maximum Gasteiger partial charge on any atom is 0.335 e. The smallest absolute Gasteiger partial charge is 0.335 e. The average Bonchev–Trinajstić information content (AvgIpc) is 2.86. The Hall–Kier alpha value is -4.66. The zero-order valence-corrected chi connectivity index (χ0v) is 18.9. The third kappa shape index (κ3) is 4.98. The molecule has 0 unspecified atom stereocenters. The first-order valence-electron chi connectivity index (χ1n) is 10.5. The number of halogens is 1. The van der Waals surface area contributed by atoms with Crippen molar-refractivity contribution in [2.75, 3.05) is 19.1 Å². The van der Waals surface area contributed by atoms with E-state index < -0.39 is 17.8 Å². The molecule has 9 heteroatoms. The summed E-state index contributed by atoms with van der Waals surface area (Å²) in [6.45, 7) is -0.0106. The van der Waals surface area contributed by atoms with Crippen LogP contribution in [0.2, 0.25) is 0 Å². The zero-order valence-electron chi connectivity index (χ0n) is 18.9. The number of hydrogen-bond acceptors (Lipinski definition) is 6. The highest BCUT2D eigenvalue weighted by Gasteiger charge is 2.36. The van der Waals surface area contributed by atoms with E-state index in [-0.39, 0.29) is 23.7 Å². The molecule has 35 heavy (non-hydrogen) atoms. The van der Waals surface area contributed by atoms with Crippen molar-refractivity contribution < 1.29 is 33.0 Å². The SMILES string of the molecule is COc1ccc(N2C(=O)NC(=O)/C(=C/c3ccc(OCc4ccccc4F)c(OC)c3)C2=O)cc1. The van der Waals surface area contributed by atoms with Crippen LogP contribution in [0.25, 0.3) is 6.08 Å². The van der Waals surface area contributed by atoms with Crippen molar-refractivity contribution in [1.82, 2.24) is 5.32 Å². The Kier molecular flexibility index (Phi) is 6.77. The second-order valence-corrected chi connectivity index (χ2v) is 7.45. The summed E-state index contributed by atoms with van der Waals surface area (Å²) in [4.78, 5) is 38.8. The average molecular weight is 476 g/mol. The van der Waals surface area contributed by atoms with Gasteiger partial charge < -0.3 is 14.2 Å². The topological polar surface area (TPSA) is 94.2 Å². The fourth-order valence-corrected chi connectivity index (χ4v) is 3.45. The number of nitrogens with zero attached hydrogens (tertiary/aromatic N) is 1. The lowest BCUT2D eigenvalue weighted by atomic mass is 10.1. The van der Waals surface area contributed by atoms with E-state index in [2.05, 4.69) is 5.32 Å². The van der Waals surface area contributed by atoms with Gasteiger partial charge in [-0.1, -0.05) is 24.3 Å². The third-order valence-corrected chi connectivity index (χ3v) is 5.27. The molecule has 3 aromatic carbocycles. The lowest BCUT2D eigenvalue weighted by Crippen LogP contribution is -2.54. The normalized spacial score (nSPS) is 14.7. The monoisotopic (exact) mass is 476 g/mol. The van der Waals surface area contributed by atoms with E-state index >= 15 is 0 Å². The van der Waals surface area contributed by atoms with Gasteiger partial charge in [0.15, 0.2) is 11.5 Å². The number of imide groups is 2. The number of benzene rings is 3. The molecule has 0 spiro atoms. The number of hydrogen-bond donors (Lipinski definition) is 1. The van der Waals surface area contributed by atoms with Crippen molar-refractivity contribution in [3.05, 3.63) is 89.2 Å². The Morgan fingerprint density at radius 1 is 0.914 bits per heavy atom. The predicted molar refractivity (Wildman–Crippen MR) is 126 cm³/mol. The van der Waals surface area contributed by atoms with Crippen LogP contribution in [-0.4, -0.2) is 32.1 Å². The maximum atomic E-state index is 13.9. The number of rotatable bonds is 7. The van der Waals surface area contributed by atoms with Crippen molar-refractivity contribution in [1.29, 1.82) is 0 Å². The molecule has 4 amide bonds. The highest BCUT2D eigenvalue weighted by molar-refractivity contribution is 6.39. The standard InChI is InChI=1S/C26H21FN2O6/c1-33-19-10-8-18(9-11-19)29-25(31)20(24(30)28-26(29)32)13-16-7-12-22(23(14-16)34-2)35-15-17-5-3-4-6-21(17)27/h3-14H,15H2,1-2H3,(H,28,30,32)/b20-13-. The van der Waals surface area contributed by atoms with E-state index in [0.29, 0.717) is 28.4 Å². The van der Waals surface area contributed by atoms with E-state index in [1.165, 1.54) is 38.5 Å². The van der Waals surface area contributed by atoms with E-state index in [1.54, 1.807) is 48.5 Å². The first-order valence-corrected chi connectivity index (χ1v) is 10.5. The molecule has 1 aliphatic rings. The molecule has 178 valence electrons. The summed E-state index contributed by atoms with van der Waals surface area (Å²) in [7, 11) is 2.93. The molecule has 1 aliphatic heterocycles. The van der Waals surface area contributed by atoms with E-state index in [1.807, 2.05) is 0 Å². The minimum absolute atomic E-state index is 0.0106. The summed E-state index contributed by atoms with van der Waals surface area (Å²) in [5, 5.41) is 2.18. The fourth-order valence-electron chi connectivity index (χ4n) is 3.45. The maximum absolute atomic E-state index is 13.9. The molecule has 0 atom stereocenters. The first-order chi connectivity index (χ1) is 16.9. The minimum atomic E-state index is -0.850. The van der Waals surface area contributed by atoms with Crippen LogP contribution in [0.5, 0.6) is 17.2 Å². The van der Waals surface area contributed by atoms with Crippen LogP contribution in [0.4, 0.5) is 14.9 Å². The van der Waals surface area contributed by atoms with Crippen LogP contribution in [0.1, 0.15) is 11.1 Å². The summed E-state index contributed by atoms with van der Waals surface area (Å²) in [5.41, 5.74) is 0.889. The molecule has 4 rings (SSSR count). The van der Waals surface area contributed by atoms with Gasteiger partial charge in [0.2, 0.25) is 0 Å². The van der Waals surface area contributed by atoms with Crippen molar-refractivity contribution in [2.24, 2.45) is 0 Å². The van der Waals surface area contributed by atoms with Gasteiger partial charge in [-0.15, -0.1) is 0 Å². The number of carbonyl (C=O) groups is 3. The lowest BCUT2D eigenvalue weighted by Gasteiger charge is -2.26. The molecule has 1 saturated heterocycles. The largest absolute Gasteiger partial charge is 0.497 e. The van der Waals surface area contributed by atoms with Crippen LogP contribution < -0.4 is 24.4 Å². The Labute approximate surface area is 200 Å². The van der Waals surface area contributed by atoms with Gasteiger partial charge in [-0.3, -0.25) is 14.9 Å². The Morgan fingerprint density at radius 3 is 2.34 bits per heavy atom. The van der Waals surface area contributed by atoms with Gasteiger partial charge in [-0.05, 0) is 54.1 Å². The van der Waals surface area contributed by atoms with Crippen LogP contribution in [0, 0.1) is 5.82 Å². The number of nitrogens with one attached hydrogen (secondary N) is 1. The number of ether oxygens (including phenoxy) is 3. The molecule has 3 aromatic rings. The number of methoxy groups -OCH3 is 2. The van der Waals surface area contributed by atoms with Crippen LogP contribution in [0.3, 0.4) is 0 Å². The first kappa shape index (κ1) is 23.5. The summed E-state index contributed by atoms with van der Waals surface area (Å²) >= 11 is 0. The molecule has 0 radical (unpaired) electrons. The number of barbiturate groups is 1. The third-order valence-electron chi connectivity index (χ3n) is 5.27. The summed E-state index contributed by atoms with van der Waals surface area (Å²) in [6.07, 6.45) is 1.35. The van der Waals surface area contributed by atoms with E-state index in [4.69, 9.17) is 14.2 Å². The molecular formula is C26H21FN2O6. The predicted octanol–water partition coefficient (Wildman–Crippen LogP) is 4.09. The second-order valence-electron chi connectivity index (χ2n) is 7.45. The van der Waals surface area contributed by atoms with Gasteiger partial charge in [0.05, 0.1) is 19.9 Å². The number of anilines is 1. The number of amides is 4. The molecule has 0 saturated carbocycles. The molecule has 0 aromatic heterocycles. The molecule has 1 N–H and O–H groups in total. The molecule has 8 nitrogen and oxygen atoms in total. The van der Waals surface area contributed by atoms with E-state index in [9.17, 15) is 18.8 Å². The van der Waals surface area contributed by atoms with Crippen molar-refractivity contribution in [3.8, 4) is 17.2 Å². The molecule has 1 fully saturated rings. The quantitative estimate of drug-likeness (QED) is 0.408. The summed E-state index contributed by atoms with van der Waals surface area (Å²) in [5.74, 6) is -0.748. The minimum Gasteiger partial charge on any atom is -0.497 e. The fraction of sp³-hybridized carbons (Fsp3) is 0.115. The molecule has 0 bridgehead atoms. The highest BCUT2D eigenvalue weighted by atomic mass is 19.1. The molecule has 1 heterocycles. The number of carbonyl (C=O) groups excluding carboxylic acids is 3. The van der Waals surface area contributed by atoms with Gasteiger partial charge in [-0.2, -0.15) is 0 Å². The Bertz CT molecular complexity index is 1320. The summed E-state index contributed by atoms with van der Waals surface area (Å²) in [6, 6.07) is 16.4. The lowest BCUT2D eigenvalue weighted by molar-refractivity contribution is -0.122. The summed E-state index contributed by atoms with van der Waals surface area (Å²) < 4.78 is 30.0. The van der Waals surface area contributed by atoms with Crippen molar-refractivity contribution in [2.45, 2.75) is 6.61 Å². The highest BCUT2D eigenvalue weighted by Crippen LogP contribution is 2.31. The van der Waals surface area contributed by atoms with Crippen molar-refractivity contribution in [3.63, 3.8) is 0 Å². The van der Waals surface area contributed by atoms with Crippen LogP contribution in [-0.2, 0) is 16.2 Å². The van der Waals surface area contributed by atoms with Gasteiger partial charge in [0, 0.05) is 5.56 Å². The molecule has 0 aliphatic carbocycles. The second kappa shape index (κ2) is 10.1. The Balaban J connectivity index is 1.59. The van der Waals surface area contributed by atoms with Crippen LogP contribution >= 0.6 is 0 Å².